The second-order valence-corrected chi connectivity index (χ2v) is 14.8. The van der Waals surface area contributed by atoms with E-state index in [2.05, 4.69) is 21.3 Å². The van der Waals surface area contributed by atoms with Crippen LogP contribution < -0.4 is 21.3 Å². The van der Waals surface area contributed by atoms with Crippen molar-refractivity contribution in [3.8, 4) is 0 Å². The molecular formula is C26H38N8O8S. The van der Waals surface area contributed by atoms with Crippen LogP contribution in [0.5, 0.6) is 0 Å². The van der Waals surface area contributed by atoms with Gasteiger partial charge in [-0.1, -0.05) is 0 Å². The van der Waals surface area contributed by atoms with Crippen LogP contribution in [0.2, 0.25) is 0 Å². The van der Waals surface area contributed by atoms with E-state index in [1.807, 2.05) is 0 Å². The molecule has 6 atom stereocenters. The van der Waals surface area contributed by atoms with Crippen molar-refractivity contribution in [1.29, 1.82) is 0 Å². The first-order chi connectivity index (χ1) is 20.6. The molecule has 6 heterocycles. The van der Waals surface area contributed by atoms with Crippen LogP contribution in [-0.4, -0.2) is 128 Å². The molecule has 6 aliphatic heterocycles. The Kier molecular flexibility index (Phi) is 6.23. The fourth-order valence-corrected chi connectivity index (χ4v) is 9.01. The van der Waals surface area contributed by atoms with Crippen molar-refractivity contribution < 1.29 is 36.2 Å². The molecule has 8 fully saturated rings. The summed E-state index contributed by atoms with van der Waals surface area (Å²) < 4.78 is 37.3. The number of carbonyl (C=O) groups excluding carboxylic acids is 4. The van der Waals surface area contributed by atoms with Gasteiger partial charge >= 0.3 is 22.5 Å². The van der Waals surface area contributed by atoms with Crippen molar-refractivity contribution in [3.63, 3.8) is 0 Å². The fraction of sp³-hybridized carbons (Fsp3) is 0.846. The van der Waals surface area contributed by atoms with Gasteiger partial charge in [0.15, 0.2) is 0 Å². The maximum atomic E-state index is 13.5. The first kappa shape index (κ1) is 27.8. The molecule has 2 spiro atoms. The van der Waals surface area contributed by atoms with Gasteiger partial charge in [0.05, 0.1) is 12.1 Å². The molecule has 0 radical (unpaired) electrons. The number of hydrogen-bond acceptors (Lipinski definition) is 10. The molecule has 0 aromatic heterocycles. The molecule has 4 bridgehead atoms. The molecular weight excluding hydrogens is 584 g/mol. The fourth-order valence-electron chi connectivity index (χ4n) is 8.26. The molecule has 4 N–H and O–H groups in total. The minimum absolute atomic E-state index is 0.00693. The number of piperidine rings is 2. The van der Waals surface area contributed by atoms with E-state index < -0.39 is 57.5 Å². The molecule has 8 rings (SSSR count). The third-order valence-corrected chi connectivity index (χ3v) is 11.8. The summed E-state index contributed by atoms with van der Waals surface area (Å²) in [4.78, 5) is 56.1. The number of nitrogens with one attached hydrogen (secondary N) is 4. The van der Waals surface area contributed by atoms with Crippen LogP contribution in [0.25, 0.3) is 0 Å². The summed E-state index contributed by atoms with van der Waals surface area (Å²) in [5, 5.41) is 14.1. The van der Waals surface area contributed by atoms with Crippen LogP contribution >= 0.6 is 0 Å². The third-order valence-electron chi connectivity index (χ3n) is 11.1. The van der Waals surface area contributed by atoms with Gasteiger partial charge in [0, 0.05) is 38.3 Å². The lowest BCUT2D eigenvalue weighted by molar-refractivity contribution is -0.128. The zero-order valence-corrected chi connectivity index (χ0v) is 24.6. The molecule has 0 aromatic rings. The Hall–Kier alpha value is -2.73. The number of amides is 6. The summed E-state index contributed by atoms with van der Waals surface area (Å²) in [6.07, 6.45) is 5.48. The maximum Gasteiger partial charge on any atom is 0.442 e. The van der Waals surface area contributed by atoms with E-state index in [0.29, 0.717) is 25.9 Å². The summed E-state index contributed by atoms with van der Waals surface area (Å²) >= 11 is 0. The molecule has 0 aromatic carbocycles. The number of urea groups is 2. The summed E-state index contributed by atoms with van der Waals surface area (Å²) in [6.45, 7) is 3.31. The Balaban J connectivity index is 0.964. The van der Waals surface area contributed by atoms with E-state index in [4.69, 9.17) is 8.57 Å². The van der Waals surface area contributed by atoms with Crippen LogP contribution in [0.3, 0.4) is 0 Å². The van der Waals surface area contributed by atoms with E-state index in [1.54, 1.807) is 0 Å². The lowest BCUT2D eigenvalue weighted by Gasteiger charge is -2.36. The summed E-state index contributed by atoms with van der Waals surface area (Å²) in [6, 6.07) is -3.97. The van der Waals surface area contributed by atoms with Crippen LogP contribution in [-0.2, 0) is 28.6 Å². The van der Waals surface area contributed by atoms with E-state index >= 15 is 0 Å². The Labute approximate surface area is 249 Å². The average Bonchev–Trinajstić information content (AvgIpc) is 3.64. The lowest BCUT2D eigenvalue weighted by Crippen LogP contribution is -2.54. The predicted molar refractivity (Wildman–Crippen MR) is 146 cm³/mol. The first-order valence-corrected chi connectivity index (χ1v) is 16.8. The highest BCUT2D eigenvalue weighted by Gasteiger charge is 2.67. The Morgan fingerprint density at radius 3 is 1.51 bits per heavy atom. The molecule has 2 saturated carbocycles. The molecule has 6 amide bonds. The molecule has 43 heavy (non-hydrogen) atoms. The molecule has 17 heteroatoms. The van der Waals surface area contributed by atoms with Crippen LogP contribution in [0.4, 0.5) is 9.59 Å². The van der Waals surface area contributed by atoms with Crippen LogP contribution in [0, 0.1) is 10.8 Å². The van der Waals surface area contributed by atoms with E-state index in [-0.39, 0.29) is 37.0 Å². The van der Waals surface area contributed by atoms with Gasteiger partial charge in [-0.05, 0) is 75.3 Å². The van der Waals surface area contributed by atoms with Crippen molar-refractivity contribution in [2.75, 3.05) is 39.3 Å². The zero-order valence-electron chi connectivity index (χ0n) is 23.8. The SMILES string of the molecule is O=C(NC1CCNC1)[C@@H]1CC2(CC2)[C@@H]2CN1C(=O)N2OS(=O)(=O)ON1C(=O)N2C[C@H]1C1(CC1)C[C@H]2C(=O)NC1CCNC1. The number of carbonyl (C=O) groups is 4. The molecule has 6 saturated heterocycles. The average molecular weight is 623 g/mol. The van der Waals surface area contributed by atoms with Gasteiger partial charge in [0.2, 0.25) is 11.8 Å². The van der Waals surface area contributed by atoms with Crippen LogP contribution in [0.15, 0.2) is 0 Å². The number of rotatable bonds is 8. The van der Waals surface area contributed by atoms with Crippen molar-refractivity contribution in [3.05, 3.63) is 0 Å². The maximum absolute atomic E-state index is 13.5. The van der Waals surface area contributed by atoms with Gasteiger partial charge in [0.25, 0.3) is 0 Å². The van der Waals surface area contributed by atoms with Gasteiger partial charge in [-0.2, -0.15) is 18.5 Å². The van der Waals surface area contributed by atoms with Crippen LogP contribution in [0.1, 0.15) is 51.4 Å². The number of hydroxylamine groups is 4. The molecule has 2 unspecified atom stereocenters. The Bertz CT molecular complexity index is 1250. The normalized spacial score (nSPS) is 36.7. The zero-order chi connectivity index (χ0) is 29.7. The van der Waals surface area contributed by atoms with Crippen molar-refractivity contribution in [2.45, 2.75) is 87.6 Å². The van der Waals surface area contributed by atoms with Gasteiger partial charge < -0.3 is 31.1 Å². The number of nitrogens with zero attached hydrogens (tertiary/aromatic N) is 4. The van der Waals surface area contributed by atoms with Gasteiger partial charge in [-0.15, -0.1) is 8.57 Å². The summed E-state index contributed by atoms with van der Waals surface area (Å²) in [5.41, 5.74) is -0.819. The monoisotopic (exact) mass is 622 g/mol. The van der Waals surface area contributed by atoms with Gasteiger partial charge in [-0.3, -0.25) is 9.59 Å². The van der Waals surface area contributed by atoms with Crippen molar-refractivity contribution in [2.24, 2.45) is 10.8 Å². The van der Waals surface area contributed by atoms with E-state index in [1.165, 1.54) is 9.80 Å². The lowest BCUT2D eigenvalue weighted by atomic mass is 9.85. The highest BCUT2D eigenvalue weighted by molar-refractivity contribution is 7.81. The standard InChI is InChI=1S/C26H38N8O8S/c35-21(29-15-1-7-27-11-15)17-9-25(3-4-25)19-13-31(17)23(37)33(19)41-43(39,40)42-34-20-14-32(24(34)38)18(10-26(20)5-6-26)22(36)30-16-2-8-28-12-16/h15-20,27-28H,1-14H2,(H,29,35)(H,30,36)/t15?,16?,17-,18-,19-,20-/m0/s1. The molecule has 16 nitrogen and oxygen atoms in total. The quantitative estimate of drug-likeness (QED) is 0.245. The Morgan fingerprint density at radius 2 is 1.16 bits per heavy atom. The summed E-state index contributed by atoms with van der Waals surface area (Å²) in [5.74, 6) is -0.483. The van der Waals surface area contributed by atoms with Crippen molar-refractivity contribution in [1.82, 2.24) is 41.2 Å². The predicted octanol–water partition coefficient (Wildman–Crippen LogP) is -1.63. The number of hydrogen-bond donors (Lipinski definition) is 4. The van der Waals surface area contributed by atoms with E-state index in [0.717, 1.165) is 61.7 Å². The molecule has 8 aliphatic rings. The second kappa shape index (κ2) is 9.63. The number of fused-ring (bicyclic) bond motifs is 6. The first-order valence-electron chi connectivity index (χ1n) is 15.4. The highest BCUT2D eigenvalue weighted by Crippen LogP contribution is 2.60. The topological polar surface area (TPSA) is 182 Å². The van der Waals surface area contributed by atoms with Gasteiger partial charge in [0.1, 0.15) is 12.1 Å². The molecule has 236 valence electrons. The second-order valence-electron chi connectivity index (χ2n) is 13.7. The van der Waals surface area contributed by atoms with E-state index in [9.17, 15) is 27.6 Å². The largest absolute Gasteiger partial charge is 0.442 e. The van der Waals surface area contributed by atoms with Crippen molar-refractivity contribution >= 4 is 34.3 Å². The van der Waals surface area contributed by atoms with Gasteiger partial charge in [-0.25, -0.2) is 9.59 Å². The molecule has 2 aliphatic carbocycles. The summed E-state index contributed by atoms with van der Waals surface area (Å²) in [7, 11) is -4.91. The third kappa shape index (κ3) is 4.57. The minimum atomic E-state index is -4.91. The highest BCUT2D eigenvalue weighted by atomic mass is 32.3. The smallest absolute Gasteiger partial charge is 0.350 e. The Morgan fingerprint density at radius 1 is 0.744 bits per heavy atom. The minimum Gasteiger partial charge on any atom is -0.350 e.